The number of nitrogens with zero attached hydrogens (tertiary/aromatic N) is 11. The van der Waals surface area contributed by atoms with E-state index in [1.54, 1.807) is 26.8 Å². The summed E-state index contributed by atoms with van der Waals surface area (Å²) >= 11 is 3.18. The Hall–Kier alpha value is -11.3. The molecule has 0 unspecified atom stereocenters. The third-order valence-corrected chi connectivity index (χ3v) is 19.3. The fourth-order valence-corrected chi connectivity index (χ4v) is 14.3. The molecule has 3 saturated heterocycles. The summed E-state index contributed by atoms with van der Waals surface area (Å²) in [6.07, 6.45) is 10.5. The molecule has 2 aromatic heterocycles. The van der Waals surface area contributed by atoms with Gasteiger partial charge in [-0.3, -0.25) is 20.2 Å². The Morgan fingerprint density at radius 1 is 0.483 bits per heavy atom. The predicted octanol–water partition coefficient (Wildman–Crippen LogP) is 20.1. The van der Waals surface area contributed by atoms with Gasteiger partial charge in [-0.15, -0.1) is 10.2 Å². The third kappa shape index (κ3) is 27.8. The number of non-ortho nitro benzene ring substituents is 2. The minimum atomic E-state index is -0.680. The third-order valence-electron chi connectivity index (χ3n) is 18.8. The number of nitro benzene ring substituents is 2. The van der Waals surface area contributed by atoms with Crippen LogP contribution in [0.1, 0.15) is 175 Å². The zero-order chi connectivity index (χ0) is 84.5. The van der Waals surface area contributed by atoms with Gasteiger partial charge >= 0.3 is 18.3 Å². The van der Waals surface area contributed by atoms with Crippen LogP contribution in [-0.2, 0) is 14.2 Å². The molecular formula is C86H104BrF4N15O10. The van der Waals surface area contributed by atoms with Crippen LogP contribution < -0.4 is 21.7 Å². The van der Waals surface area contributed by atoms with Crippen molar-refractivity contribution in [2.75, 3.05) is 68.7 Å². The summed E-state index contributed by atoms with van der Waals surface area (Å²) in [4.78, 5) is 70.5. The highest BCUT2D eigenvalue weighted by atomic mass is 79.9. The van der Waals surface area contributed by atoms with Gasteiger partial charge in [0, 0.05) is 97.2 Å². The van der Waals surface area contributed by atoms with E-state index in [9.17, 15) is 52.2 Å². The molecule has 0 bridgehead atoms. The molecule has 0 atom stereocenters. The van der Waals surface area contributed by atoms with Crippen molar-refractivity contribution in [3.8, 4) is 11.4 Å². The molecule has 30 heteroatoms. The number of halogens is 5. The summed E-state index contributed by atoms with van der Waals surface area (Å²) in [5.41, 5.74) is 18.6. The summed E-state index contributed by atoms with van der Waals surface area (Å²) in [6.45, 7) is 32.5. The summed E-state index contributed by atoms with van der Waals surface area (Å²) in [5.74, 6) is -0.622. The number of ether oxygens (including phenoxy) is 3. The number of aromatic nitrogens is 6. The van der Waals surface area contributed by atoms with Crippen molar-refractivity contribution in [3.05, 3.63) is 244 Å². The first kappa shape index (κ1) is 88.7. The molecule has 0 saturated carbocycles. The molecule has 0 aliphatic carbocycles. The van der Waals surface area contributed by atoms with Gasteiger partial charge in [-0.2, -0.15) is 9.97 Å². The van der Waals surface area contributed by atoms with Crippen molar-refractivity contribution in [2.45, 2.75) is 176 Å². The Kier molecular flexibility index (Phi) is 30.1. The van der Waals surface area contributed by atoms with E-state index < -0.39 is 45.0 Å². The van der Waals surface area contributed by atoms with Crippen molar-refractivity contribution in [3.63, 3.8) is 0 Å². The van der Waals surface area contributed by atoms with E-state index in [-0.39, 0.29) is 46.0 Å². The number of anilines is 5. The average Bonchev–Trinajstić information content (AvgIpc) is 1.30. The molecule has 7 aromatic carbocycles. The first-order chi connectivity index (χ1) is 54.6. The first-order valence-electron chi connectivity index (χ1n) is 38.5. The van der Waals surface area contributed by atoms with Gasteiger partial charge in [0.25, 0.3) is 11.4 Å². The highest BCUT2D eigenvalue weighted by molar-refractivity contribution is 9.10. The van der Waals surface area contributed by atoms with E-state index in [2.05, 4.69) is 102 Å². The lowest BCUT2D eigenvalue weighted by Gasteiger charge is -2.33. The number of carbonyl (C=O) groups is 3. The number of nitro groups is 2. The van der Waals surface area contributed by atoms with Crippen LogP contribution in [0.15, 0.2) is 151 Å². The Morgan fingerprint density at radius 2 is 0.862 bits per heavy atom. The molecule has 25 nitrogen and oxygen atoms in total. The van der Waals surface area contributed by atoms with Crippen molar-refractivity contribution in [1.29, 1.82) is 0 Å². The maximum atomic E-state index is 13.5. The van der Waals surface area contributed by atoms with E-state index in [0.717, 1.165) is 126 Å². The molecule has 3 amide bonds. The van der Waals surface area contributed by atoms with Crippen molar-refractivity contribution in [2.24, 2.45) is 0 Å². The van der Waals surface area contributed by atoms with Gasteiger partial charge in [0.1, 0.15) is 52.7 Å². The first-order valence-corrected chi connectivity index (χ1v) is 39.3. The highest BCUT2D eigenvalue weighted by Gasteiger charge is 2.31. The van der Waals surface area contributed by atoms with Crippen LogP contribution in [0.3, 0.4) is 0 Å². The molecule has 618 valence electrons. The van der Waals surface area contributed by atoms with Crippen molar-refractivity contribution < 1.29 is 56.0 Å². The minimum Gasteiger partial charge on any atom is -0.444 e. The smallest absolute Gasteiger partial charge is 0.410 e. The normalized spacial score (nSPS) is 14.8. The van der Waals surface area contributed by atoms with Crippen LogP contribution in [0, 0.1) is 78.1 Å². The number of hydrogen-bond donors (Lipinski definition) is 4. The van der Waals surface area contributed by atoms with Gasteiger partial charge in [0.15, 0.2) is 0 Å². The quantitative estimate of drug-likeness (QED) is 0.0290. The molecular weight excluding hydrogens is 1560 g/mol. The van der Waals surface area contributed by atoms with E-state index in [4.69, 9.17) is 19.9 Å². The second-order valence-corrected chi connectivity index (χ2v) is 33.4. The lowest BCUT2D eigenvalue weighted by molar-refractivity contribution is -0.385. The lowest BCUT2D eigenvalue weighted by atomic mass is 9.88. The monoisotopic (exact) mass is 1660 g/mol. The second kappa shape index (κ2) is 39.4. The van der Waals surface area contributed by atoms with Crippen LogP contribution >= 0.6 is 15.9 Å². The molecule has 4 aliphatic rings. The fourth-order valence-electron chi connectivity index (χ4n) is 13.7. The van der Waals surface area contributed by atoms with Crippen molar-refractivity contribution in [1.82, 2.24) is 49.5 Å². The van der Waals surface area contributed by atoms with E-state index >= 15 is 0 Å². The number of carbonyl (C=O) groups excluding carboxylic acids is 3. The summed E-state index contributed by atoms with van der Waals surface area (Å²) < 4.78 is 73.5. The van der Waals surface area contributed by atoms with Gasteiger partial charge < -0.3 is 50.6 Å². The average molecular weight is 1660 g/mol. The van der Waals surface area contributed by atoms with Crippen LogP contribution in [0.25, 0.3) is 16.9 Å². The fraction of sp³-hybridized carbons (Fsp3) is 0.407. The van der Waals surface area contributed by atoms with Crippen LogP contribution in [-0.4, -0.2) is 142 Å². The zero-order valence-electron chi connectivity index (χ0n) is 68.2. The zero-order valence-corrected chi connectivity index (χ0v) is 69.8. The van der Waals surface area contributed by atoms with Crippen LogP contribution in [0.2, 0.25) is 0 Å². The Morgan fingerprint density at radius 3 is 1.25 bits per heavy atom. The van der Waals surface area contributed by atoms with Gasteiger partial charge in [0.2, 0.25) is 11.9 Å². The van der Waals surface area contributed by atoms with E-state index in [0.29, 0.717) is 62.3 Å². The lowest BCUT2D eigenvalue weighted by Crippen LogP contribution is -2.41. The number of nitrogens with one attached hydrogen (secondary N) is 3. The Balaban J connectivity index is 0.000000171. The number of piperidine rings is 3. The van der Waals surface area contributed by atoms with Gasteiger partial charge in [-0.1, -0.05) is 46.3 Å². The Bertz CT molecular complexity index is 4900. The topological polar surface area (TPSA) is 298 Å². The number of rotatable bonds is 12. The van der Waals surface area contributed by atoms with Gasteiger partial charge in [0.05, 0.1) is 21.2 Å². The summed E-state index contributed by atoms with van der Waals surface area (Å²) in [7, 11) is 0. The highest BCUT2D eigenvalue weighted by Crippen LogP contribution is 2.36. The predicted molar refractivity (Wildman–Crippen MR) is 445 cm³/mol. The molecule has 3 fully saturated rings. The number of nitrogen functional groups attached to an aromatic ring is 1. The summed E-state index contributed by atoms with van der Waals surface area (Å²) in [6, 6.07) is 35.2. The van der Waals surface area contributed by atoms with Crippen molar-refractivity contribution >= 4 is 80.1 Å². The standard InChI is InChI=1S/C25H29F2N5O2.C20H21F2N5.C17H22N2O4.C17H26N2O2.C7H6BrNO2/c1-16-9-18(17-5-7-31(8-6-17)24(33)34-25(2,3)4)11-21(10-16)29-23-28-15-32(30-23)22-13-19(26)12-20(27)14-22;1-13-6-15(14-2-4-23-5-3-14)8-18(7-13)25-20-24-12-27(26-20)19-10-16(21)9-17(22)11-19;1-12-9-14(11-15(10-12)19(21)22)13-5-7-18(8-6-13)16(20)23-17(2,3)4;1-12-9-14(11-15(18)10-12)13-5-7-19(8-6-13)16(20)21-17(2,3)4;1-5-2-6(8)4-7(3-5)9(10)11/h9-15,17H,5-8H2,1-4H3,(H,29,30);6-12,14,23H,2-5H2,1H3,(H,25,26);5,9-11H,6-8H2,1-4H3;9-11,13H,5-8,18H2,1-4H3;2-4H,1H3. The molecule has 116 heavy (non-hydrogen) atoms. The number of likely N-dealkylation sites (tertiary alicyclic amines) is 2. The molecule has 0 spiro atoms. The molecule has 5 N–H and O–H groups in total. The molecule has 13 rings (SSSR count). The molecule has 4 aliphatic heterocycles. The number of amides is 3. The van der Waals surface area contributed by atoms with E-state index in [1.807, 2.05) is 119 Å². The van der Waals surface area contributed by atoms with Gasteiger partial charge in [-0.25, -0.2) is 41.3 Å². The minimum absolute atomic E-state index is 0.0930. The van der Waals surface area contributed by atoms with Gasteiger partial charge in [-0.05, 0) is 295 Å². The second-order valence-electron chi connectivity index (χ2n) is 32.4. The molecule has 0 radical (unpaired) electrons. The number of benzene rings is 7. The van der Waals surface area contributed by atoms with E-state index in [1.165, 1.54) is 86.2 Å². The number of nitrogens with two attached hydrogens (primary N) is 1. The molecule has 6 heterocycles. The summed E-state index contributed by atoms with van der Waals surface area (Å²) in [5, 5.41) is 39.6. The number of aryl methyl sites for hydroxylation is 5. The largest absolute Gasteiger partial charge is 0.444 e. The number of hydrogen-bond acceptors (Lipinski definition) is 18. The maximum Gasteiger partial charge on any atom is 0.410 e. The van der Waals surface area contributed by atoms with Crippen LogP contribution in [0.5, 0.6) is 0 Å². The molecule has 9 aromatic rings. The SMILES string of the molecule is Cc1cc(Br)cc([N+](=O)[O-])c1.Cc1cc(C2=CCN(C(=O)OC(C)(C)C)CC2)cc([N+](=O)[O-])c1.Cc1cc(N)cc(C2CCN(C(=O)OC(C)(C)C)CC2)c1.Cc1cc(Nc2ncn(-c3cc(F)cc(F)c3)n2)cc(C2CCN(C(=O)OC(C)(C)C)CC2)c1.Cc1cc(Nc2ncn(-c3cc(F)cc(F)c3)n2)cc(C2CCNCC2)c1. The Labute approximate surface area is 682 Å². The van der Waals surface area contributed by atoms with Crippen LogP contribution in [0.4, 0.5) is 72.3 Å². The maximum absolute atomic E-state index is 13.5.